The maximum absolute atomic E-state index is 11.5. The van der Waals surface area contributed by atoms with Crippen molar-refractivity contribution in [3.8, 4) is 5.75 Å². The zero-order chi connectivity index (χ0) is 15.7. The summed E-state index contributed by atoms with van der Waals surface area (Å²) in [6.07, 6.45) is 0.731. The fourth-order valence-electron chi connectivity index (χ4n) is 1.54. The van der Waals surface area contributed by atoms with E-state index in [-0.39, 0.29) is 17.4 Å². The predicted octanol–water partition coefficient (Wildman–Crippen LogP) is 0.499. The molecule has 1 rings (SSSR count). The van der Waals surface area contributed by atoms with Crippen LogP contribution in [0.1, 0.15) is 5.56 Å². The lowest BCUT2D eigenvalue weighted by Crippen LogP contribution is -2.33. The second-order valence-corrected chi connectivity index (χ2v) is 5.44. The first-order valence-corrected chi connectivity index (χ1v) is 7.64. The molecular formula is C14H20N2O4S. The molecule has 0 heterocycles. The van der Waals surface area contributed by atoms with Crippen LogP contribution in [0.2, 0.25) is 0 Å². The summed E-state index contributed by atoms with van der Waals surface area (Å²) in [7, 11) is 1.61. The van der Waals surface area contributed by atoms with Crippen molar-refractivity contribution < 1.29 is 19.4 Å². The molecule has 0 saturated heterocycles. The third-order valence-electron chi connectivity index (χ3n) is 2.74. The molecule has 6 nitrogen and oxygen atoms in total. The number of methoxy groups -OCH3 is 1. The number of carboxylic acids is 1. The van der Waals surface area contributed by atoms with Crippen molar-refractivity contribution in [2.75, 3.05) is 25.2 Å². The fraction of sp³-hybridized carbons (Fsp3) is 0.429. The molecule has 0 fully saturated rings. The highest BCUT2D eigenvalue weighted by atomic mass is 32.2. The first-order valence-electron chi connectivity index (χ1n) is 6.48. The van der Waals surface area contributed by atoms with Gasteiger partial charge in [-0.05, 0) is 24.1 Å². The molecule has 0 aromatic heterocycles. The Morgan fingerprint density at radius 2 is 2.05 bits per heavy atom. The smallest absolute Gasteiger partial charge is 0.321 e. The molecule has 1 amide bonds. The van der Waals surface area contributed by atoms with E-state index in [1.807, 2.05) is 24.3 Å². The van der Waals surface area contributed by atoms with Crippen molar-refractivity contribution in [3.05, 3.63) is 29.8 Å². The normalized spacial score (nSPS) is 11.7. The number of ether oxygens (including phenoxy) is 1. The van der Waals surface area contributed by atoms with Crippen LogP contribution in [0.4, 0.5) is 0 Å². The van der Waals surface area contributed by atoms with Crippen molar-refractivity contribution in [1.82, 2.24) is 5.32 Å². The highest BCUT2D eigenvalue weighted by Crippen LogP contribution is 2.11. The summed E-state index contributed by atoms with van der Waals surface area (Å²) >= 11 is 1.21. The minimum atomic E-state index is -1.05. The predicted molar refractivity (Wildman–Crippen MR) is 82.6 cm³/mol. The van der Waals surface area contributed by atoms with Gasteiger partial charge in [0, 0.05) is 12.3 Å². The monoisotopic (exact) mass is 312 g/mol. The number of carbonyl (C=O) groups is 2. The van der Waals surface area contributed by atoms with Gasteiger partial charge >= 0.3 is 5.97 Å². The zero-order valence-corrected chi connectivity index (χ0v) is 12.7. The van der Waals surface area contributed by atoms with Gasteiger partial charge in [0.25, 0.3) is 0 Å². The number of aliphatic carboxylic acids is 1. The van der Waals surface area contributed by atoms with E-state index in [4.69, 9.17) is 15.6 Å². The van der Waals surface area contributed by atoms with Crippen LogP contribution in [-0.4, -0.2) is 48.2 Å². The Hall–Kier alpha value is -1.73. The molecule has 0 radical (unpaired) electrons. The van der Waals surface area contributed by atoms with Gasteiger partial charge in [-0.2, -0.15) is 0 Å². The number of rotatable bonds is 9. The summed E-state index contributed by atoms with van der Waals surface area (Å²) in [5, 5.41) is 11.4. The van der Waals surface area contributed by atoms with Crippen LogP contribution < -0.4 is 15.8 Å². The second kappa shape index (κ2) is 9.25. The van der Waals surface area contributed by atoms with Gasteiger partial charge in [0.1, 0.15) is 11.8 Å². The maximum Gasteiger partial charge on any atom is 0.321 e. The van der Waals surface area contributed by atoms with E-state index >= 15 is 0 Å². The second-order valence-electron chi connectivity index (χ2n) is 4.41. The molecule has 0 aliphatic heterocycles. The molecule has 21 heavy (non-hydrogen) atoms. The Bertz CT molecular complexity index is 465. The molecule has 7 heteroatoms. The average molecular weight is 312 g/mol. The van der Waals surface area contributed by atoms with Crippen LogP contribution >= 0.6 is 11.8 Å². The van der Waals surface area contributed by atoms with E-state index in [9.17, 15) is 9.59 Å². The number of hydrogen-bond donors (Lipinski definition) is 3. The summed E-state index contributed by atoms with van der Waals surface area (Å²) in [5.41, 5.74) is 6.45. The van der Waals surface area contributed by atoms with Gasteiger partial charge in [0.15, 0.2) is 0 Å². The molecule has 0 aliphatic rings. The molecule has 0 unspecified atom stereocenters. The van der Waals surface area contributed by atoms with Crippen molar-refractivity contribution >= 4 is 23.6 Å². The molecule has 4 N–H and O–H groups in total. The Balaban J connectivity index is 2.16. The van der Waals surface area contributed by atoms with E-state index in [0.717, 1.165) is 17.7 Å². The SMILES string of the molecule is COc1ccc(CCNC(=O)CSC[C@@H](N)C(=O)O)cc1. The average Bonchev–Trinajstić information content (AvgIpc) is 2.47. The van der Waals surface area contributed by atoms with E-state index < -0.39 is 12.0 Å². The Kier molecular flexibility index (Phi) is 7.63. The van der Waals surface area contributed by atoms with Crippen LogP contribution in [0, 0.1) is 0 Å². The lowest BCUT2D eigenvalue weighted by atomic mass is 10.1. The Labute approximate surface area is 128 Å². The Morgan fingerprint density at radius 1 is 1.38 bits per heavy atom. The third-order valence-corrected chi connectivity index (χ3v) is 3.80. The molecule has 1 aromatic carbocycles. The van der Waals surface area contributed by atoms with Crippen LogP contribution in [-0.2, 0) is 16.0 Å². The first-order chi connectivity index (χ1) is 10.0. The third kappa shape index (κ3) is 7.01. The number of carboxylic acid groups (broad SMARTS) is 1. The van der Waals surface area contributed by atoms with Crippen molar-refractivity contribution in [1.29, 1.82) is 0 Å². The molecule has 0 bridgehead atoms. The zero-order valence-electron chi connectivity index (χ0n) is 11.9. The van der Waals surface area contributed by atoms with Gasteiger partial charge in [0.2, 0.25) is 5.91 Å². The van der Waals surface area contributed by atoms with Crippen LogP contribution in [0.3, 0.4) is 0 Å². The lowest BCUT2D eigenvalue weighted by Gasteiger charge is -2.07. The summed E-state index contributed by atoms with van der Waals surface area (Å²) < 4.78 is 5.07. The first kappa shape index (κ1) is 17.3. The maximum atomic E-state index is 11.5. The number of benzene rings is 1. The van der Waals surface area contributed by atoms with E-state index in [1.165, 1.54) is 11.8 Å². The topological polar surface area (TPSA) is 102 Å². The van der Waals surface area contributed by atoms with Gasteiger partial charge in [-0.3, -0.25) is 9.59 Å². The number of amides is 1. The number of nitrogens with one attached hydrogen (secondary N) is 1. The Morgan fingerprint density at radius 3 is 2.62 bits per heavy atom. The summed E-state index contributed by atoms with van der Waals surface area (Å²) in [6.45, 7) is 0.538. The van der Waals surface area contributed by atoms with Crippen molar-refractivity contribution in [2.24, 2.45) is 5.73 Å². The van der Waals surface area contributed by atoms with Crippen molar-refractivity contribution in [2.45, 2.75) is 12.5 Å². The summed E-state index contributed by atoms with van der Waals surface area (Å²) in [4.78, 5) is 22.0. The number of thioether (sulfide) groups is 1. The van der Waals surface area contributed by atoms with E-state index in [0.29, 0.717) is 6.54 Å². The van der Waals surface area contributed by atoms with Crippen LogP contribution in [0.15, 0.2) is 24.3 Å². The standard InChI is InChI=1S/C14H20N2O4S/c1-20-11-4-2-10(3-5-11)6-7-16-13(17)9-21-8-12(15)14(18)19/h2-5,12H,6-9,15H2,1H3,(H,16,17)(H,18,19)/t12-/m1/s1. The van der Waals surface area contributed by atoms with Gasteiger partial charge in [-0.15, -0.1) is 11.8 Å². The molecule has 0 spiro atoms. The number of carbonyl (C=O) groups excluding carboxylic acids is 1. The molecule has 0 aliphatic carbocycles. The fourth-order valence-corrected chi connectivity index (χ4v) is 2.34. The molecule has 116 valence electrons. The van der Waals surface area contributed by atoms with E-state index in [1.54, 1.807) is 7.11 Å². The number of nitrogens with two attached hydrogens (primary N) is 1. The van der Waals surface area contributed by atoms with Gasteiger partial charge in [0.05, 0.1) is 12.9 Å². The highest BCUT2D eigenvalue weighted by molar-refractivity contribution is 8.00. The van der Waals surface area contributed by atoms with Crippen LogP contribution in [0.5, 0.6) is 5.75 Å². The molecular weight excluding hydrogens is 292 g/mol. The van der Waals surface area contributed by atoms with Gasteiger partial charge in [-0.25, -0.2) is 0 Å². The minimum absolute atomic E-state index is 0.119. The molecule has 1 aromatic rings. The minimum Gasteiger partial charge on any atom is -0.497 e. The van der Waals surface area contributed by atoms with Crippen LogP contribution in [0.25, 0.3) is 0 Å². The lowest BCUT2D eigenvalue weighted by molar-refractivity contribution is -0.138. The van der Waals surface area contributed by atoms with Crippen molar-refractivity contribution in [3.63, 3.8) is 0 Å². The number of hydrogen-bond acceptors (Lipinski definition) is 5. The van der Waals surface area contributed by atoms with Gasteiger partial charge in [-0.1, -0.05) is 12.1 Å². The quantitative estimate of drug-likeness (QED) is 0.614. The summed E-state index contributed by atoms with van der Waals surface area (Å²) in [6, 6.07) is 6.72. The van der Waals surface area contributed by atoms with Gasteiger partial charge < -0.3 is 20.9 Å². The van der Waals surface area contributed by atoms with E-state index in [2.05, 4.69) is 5.32 Å². The summed E-state index contributed by atoms with van der Waals surface area (Å²) in [5.74, 6) is 0.0626. The molecule has 1 atom stereocenters. The largest absolute Gasteiger partial charge is 0.497 e. The molecule has 0 saturated carbocycles. The highest BCUT2D eigenvalue weighted by Gasteiger charge is 2.11.